The monoisotopic (exact) mass is 387 g/mol. The van der Waals surface area contributed by atoms with E-state index in [9.17, 15) is 4.79 Å². The molecule has 0 N–H and O–H groups in total. The highest BCUT2D eigenvalue weighted by Crippen LogP contribution is 2.31. The summed E-state index contributed by atoms with van der Waals surface area (Å²) in [7, 11) is 0. The van der Waals surface area contributed by atoms with Gasteiger partial charge < -0.3 is 4.42 Å². The Labute approximate surface area is 166 Å². The molecule has 0 atom stereocenters. The number of nitrogens with zero attached hydrogens (tertiary/aromatic N) is 3. The number of aromatic nitrogens is 1. The Hall–Kier alpha value is -3.43. The highest BCUT2D eigenvalue weighted by atomic mass is 32.1. The van der Waals surface area contributed by atoms with E-state index in [2.05, 4.69) is 30.1 Å². The van der Waals surface area contributed by atoms with Crippen molar-refractivity contribution in [2.45, 2.75) is 19.9 Å². The molecule has 0 aliphatic rings. The number of hydrogen-bond donors (Lipinski definition) is 0. The van der Waals surface area contributed by atoms with Crippen molar-refractivity contribution in [1.29, 1.82) is 5.26 Å². The third kappa shape index (κ3) is 3.53. The number of amides is 1. The predicted octanol–water partition coefficient (Wildman–Crippen LogP) is 5.17. The molecule has 2 heterocycles. The summed E-state index contributed by atoms with van der Waals surface area (Å²) in [6.45, 7) is 2.40. The second-order valence-corrected chi connectivity index (χ2v) is 7.32. The molecule has 0 spiro atoms. The average Bonchev–Trinajstić information content (AvgIpc) is 3.40. The number of carbonyl (C=O) groups excluding carboxylic acids is 1. The Morgan fingerprint density at radius 1 is 1.21 bits per heavy atom. The molecule has 0 saturated heterocycles. The number of furan rings is 1. The number of fused-ring (bicyclic) bond motifs is 1. The van der Waals surface area contributed by atoms with E-state index in [0.29, 0.717) is 22.0 Å². The average molecular weight is 387 g/mol. The smallest absolute Gasteiger partial charge is 0.260 e. The van der Waals surface area contributed by atoms with Crippen molar-refractivity contribution in [3.05, 3.63) is 83.3 Å². The van der Waals surface area contributed by atoms with Crippen LogP contribution in [-0.2, 0) is 13.0 Å². The molecule has 1 amide bonds. The normalized spacial score (nSPS) is 10.7. The van der Waals surface area contributed by atoms with Gasteiger partial charge in [-0.2, -0.15) is 5.26 Å². The molecule has 28 heavy (non-hydrogen) atoms. The van der Waals surface area contributed by atoms with Gasteiger partial charge >= 0.3 is 0 Å². The molecule has 0 saturated carbocycles. The molecule has 0 fully saturated rings. The van der Waals surface area contributed by atoms with Gasteiger partial charge in [-0.15, -0.1) is 0 Å². The Morgan fingerprint density at radius 3 is 2.71 bits per heavy atom. The van der Waals surface area contributed by atoms with Crippen LogP contribution in [0.3, 0.4) is 0 Å². The molecular formula is C22H17N3O2S. The van der Waals surface area contributed by atoms with Crippen LogP contribution in [0.2, 0.25) is 0 Å². The molecule has 2 aromatic carbocycles. The first-order valence-corrected chi connectivity index (χ1v) is 9.73. The molecule has 0 aliphatic carbocycles. The Morgan fingerprint density at radius 2 is 2.04 bits per heavy atom. The van der Waals surface area contributed by atoms with Crippen LogP contribution in [0.1, 0.15) is 34.2 Å². The molecule has 5 nitrogen and oxygen atoms in total. The topological polar surface area (TPSA) is 70.1 Å². The van der Waals surface area contributed by atoms with Gasteiger partial charge in [0.25, 0.3) is 5.91 Å². The van der Waals surface area contributed by atoms with E-state index in [-0.39, 0.29) is 12.5 Å². The van der Waals surface area contributed by atoms with Crippen LogP contribution in [0, 0.1) is 11.3 Å². The lowest BCUT2D eigenvalue weighted by Gasteiger charge is -2.18. The van der Waals surface area contributed by atoms with Gasteiger partial charge in [0.2, 0.25) is 0 Å². The van der Waals surface area contributed by atoms with Crippen LogP contribution < -0.4 is 4.90 Å². The zero-order chi connectivity index (χ0) is 19.5. The van der Waals surface area contributed by atoms with Crippen LogP contribution in [0.15, 0.2) is 65.3 Å². The van der Waals surface area contributed by atoms with E-state index >= 15 is 0 Å². The molecule has 0 unspecified atom stereocenters. The SMILES string of the molecule is CCc1ccc2nc(N(Cc3ccco3)C(=O)c3ccc(C#N)cc3)sc2c1. The van der Waals surface area contributed by atoms with E-state index in [1.54, 1.807) is 41.5 Å². The summed E-state index contributed by atoms with van der Waals surface area (Å²) in [5, 5.41) is 9.60. The highest BCUT2D eigenvalue weighted by molar-refractivity contribution is 7.22. The summed E-state index contributed by atoms with van der Waals surface area (Å²) >= 11 is 1.49. The van der Waals surface area contributed by atoms with Crippen molar-refractivity contribution in [2.75, 3.05) is 4.90 Å². The first kappa shape index (κ1) is 18.0. The van der Waals surface area contributed by atoms with E-state index in [1.165, 1.54) is 16.9 Å². The van der Waals surface area contributed by atoms with Gasteiger partial charge in [0.1, 0.15) is 5.76 Å². The second kappa shape index (κ2) is 7.67. The number of anilines is 1. The molecule has 4 aromatic rings. The fourth-order valence-electron chi connectivity index (χ4n) is 2.92. The van der Waals surface area contributed by atoms with E-state index in [4.69, 9.17) is 9.68 Å². The Bertz CT molecular complexity index is 1150. The van der Waals surface area contributed by atoms with Crippen molar-refractivity contribution in [1.82, 2.24) is 4.98 Å². The fourth-order valence-corrected chi connectivity index (χ4v) is 3.95. The quantitative estimate of drug-likeness (QED) is 0.474. The number of carbonyl (C=O) groups is 1. The number of thiazole rings is 1. The summed E-state index contributed by atoms with van der Waals surface area (Å²) in [5.41, 5.74) is 3.12. The lowest BCUT2D eigenvalue weighted by molar-refractivity contribution is 0.0983. The minimum Gasteiger partial charge on any atom is -0.467 e. The van der Waals surface area contributed by atoms with Gasteiger partial charge in [0, 0.05) is 5.56 Å². The number of nitriles is 1. The molecule has 4 rings (SSSR count). The van der Waals surface area contributed by atoms with Gasteiger partial charge in [-0.05, 0) is 60.5 Å². The molecular weight excluding hydrogens is 370 g/mol. The van der Waals surface area contributed by atoms with Crippen LogP contribution in [0.5, 0.6) is 0 Å². The molecule has 0 aliphatic heterocycles. The van der Waals surface area contributed by atoms with Gasteiger partial charge in [0.05, 0.1) is 34.7 Å². The van der Waals surface area contributed by atoms with E-state index in [1.807, 2.05) is 12.1 Å². The lowest BCUT2D eigenvalue weighted by Crippen LogP contribution is -2.30. The maximum absolute atomic E-state index is 13.2. The fraction of sp³-hybridized carbons (Fsp3) is 0.136. The first-order chi connectivity index (χ1) is 13.7. The van der Waals surface area contributed by atoms with Crippen molar-refractivity contribution in [2.24, 2.45) is 0 Å². The third-order valence-corrected chi connectivity index (χ3v) is 5.52. The lowest BCUT2D eigenvalue weighted by atomic mass is 10.1. The minimum atomic E-state index is -0.185. The van der Waals surface area contributed by atoms with E-state index in [0.717, 1.165) is 16.6 Å². The summed E-state index contributed by atoms with van der Waals surface area (Å²) in [6.07, 6.45) is 2.54. The second-order valence-electron chi connectivity index (χ2n) is 6.31. The van der Waals surface area contributed by atoms with Crippen LogP contribution in [-0.4, -0.2) is 10.9 Å². The van der Waals surface area contributed by atoms with Crippen molar-refractivity contribution < 1.29 is 9.21 Å². The zero-order valence-electron chi connectivity index (χ0n) is 15.3. The summed E-state index contributed by atoms with van der Waals surface area (Å²) < 4.78 is 6.51. The molecule has 0 radical (unpaired) electrons. The minimum absolute atomic E-state index is 0.185. The van der Waals surface area contributed by atoms with Gasteiger partial charge in [0.15, 0.2) is 5.13 Å². The maximum atomic E-state index is 13.2. The van der Waals surface area contributed by atoms with Crippen molar-refractivity contribution >= 4 is 32.6 Å². The van der Waals surface area contributed by atoms with Crippen molar-refractivity contribution in [3.63, 3.8) is 0 Å². The molecule has 2 aromatic heterocycles. The maximum Gasteiger partial charge on any atom is 0.260 e. The van der Waals surface area contributed by atoms with Crippen LogP contribution >= 0.6 is 11.3 Å². The number of benzene rings is 2. The van der Waals surface area contributed by atoms with Crippen LogP contribution in [0.4, 0.5) is 5.13 Å². The first-order valence-electron chi connectivity index (χ1n) is 8.92. The molecule has 0 bridgehead atoms. The summed E-state index contributed by atoms with van der Waals surface area (Å²) in [4.78, 5) is 19.5. The number of aryl methyl sites for hydroxylation is 1. The zero-order valence-corrected chi connectivity index (χ0v) is 16.1. The highest BCUT2D eigenvalue weighted by Gasteiger charge is 2.23. The molecule has 138 valence electrons. The third-order valence-electron chi connectivity index (χ3n) is 4.48. The van der Waals surface area contributed by atoms with Gasteiger partial charge in [-0.3, -0.25) is 9.69 Å². The van der Waals surface area contributed by atoms with Crippen molar-refractivity contribution in [3.8, 4) is 6.07 Å². The van der Waals surface area contributed by atoms with E-state index < -0.39 is 0 Å². The van der Waals surface area contributed by atoms with Crippen LogP contribution in [0.25, 0.3) is 10.2 Å². The predicted molar refractivity (Wildman–Crippen MR) is 109 cm³/mol. The van der Waals surface area contributed by atoms with Gasteiger partial charge in [-0.1, -0.05) is 24.3 Å². The number of hydrogen-bond acceptors (Lipinski definition) is 5. The summed E-state index contributed by atoms with van der Waals surface area (Å²) in [5.74, 6) is 0.492. The Balaban J connectivity index is 1.74. The standard InChI is InChI=1S/C22H17N3O2S/c1-2-15-7-10-19-20(12-15)28-22(24-19)25(14-18-4-3-11-27-18)21(26)17-8-5-16(13-23)6-9-17/h3-12H,2,14H2,1H3. The largest absolute Gasteiger partial charge is 0.467 e. The molecule has 6 heteroatoms. The number of rotatable bonds is 5. The summed E-state index contributed by atoms with van der Waals surface area (Å²) in [6, 6.07) is 18.5. The van der Waals surface area contributed by atoms with Gasteiger partial charge in [-0.25, -0.2) is 4.98 Å². The Kier molecular flexibility index (Phi) is 4.92.